The number of rotatable bonds is 2. The molecule has 1 aliphatic rings. The normalized spacial score (nSPS) is 16.9. The molecular weight excluding hydrogens is 276 g/mol. The molecule has 0 spiro atoms. The minimum atomic E-state index is -1.08. The minimum Gasteiger partial charge on any atom is -0.475 e. The van der Waals surface area contributed by atoms with Gasteiger partial charge in [0.1, 0.15) is 6.04 Å². The third kappa shape index (κ3) is 2.26. The number of carbonyl (C=O) groups is 1. The smallest absolute Gasteiger partial charge is 0.371 e. The lowest BCUT2D eigenvalue weighted by molar-refractivity contribution is -0.129. The number of aliphatic imine (C=N–C) groups is 1. The molecule has 0 amide bonds. The number of benzene rings is 2. The van der Waals surface area contributed by atoms with E-state index in [1.54, 1.807) is 12.1 Å². The quantitative estimate of drug-likeness (QED) is 0.890. The zero-order valence-corrected chi connectivity index (χ0v) is 11.1. The predicted octanol–water partition coefficient (Wildman–Crippen LogP) is 3.34. The molecule has 3 rings (SSSR count). The topological polar surface area (TPSA) is 61.7 Å². The van der Waals surface area contributed by atoms with Crippen LogP contribution in [-0.4, -0.2) is 16.9 Å². The van der Waals surface area contributed by atoms with Crippen LogP contribution in [0.3, 0.4) is 0 Å². The lowest BCUT2D eigenvalue weighted by Gasteiger charge is -2.24. The van der Waals surface area contributed by atoms with Crippen molar-refractivity contribution >= 4 is 29.1 Å². The van der Waals surface area contributed by atoms with Crippen LogP contribution in [0.5, 0.6) is 0 Å². The number of amidine groups is 1. The molecule has 2 aromatic rings. The van der Waals surface area contributed by atoms with Gasteiger partial charge in [-0.05, 0) is 23.8 Å². The van der Waals surface area contributed by atoms with Crippen LogP contribution >= 0.6 is 11.6 Å². The molecule has 0 saturated carbocycles. The number of nitrogens with one attached hydrogen (secondary N) is 1. The van der Waals surface area contributed by atoms with Crippen LogP contribution in [0.4, 0.5) is 5.69 Å². The summed E-state index contributed by atoms with van der Waals surface area (Å²) in [5.74, 6) is -1.14. The van der Waals surface area contributed by atoms with Crippen molar-refractivity contribution in [1.82, 2.24) is 0 Å². The van der Waals surface area contributed by atoms with E-state index in [0.29, 0.717) is 5.02 Å². The second-order valence-electron chi connectivity index (χ2n) is 4.45. The highest BCUT2D eigenvalue weighted by atomic mass is 35.5. The Bertz CT molecular complexity index is 698. The molecular formula is C15H11ClN2O2. The summed E-state index contributed by atoms with van der Waals surface area (Å²) in [6.45, 7) is 0. The van der Waals surface area contributed by atoms with E-state index < -0.39 is 5.97 Å². The van der Waals surface area contributed by atoms with Gasteiger partial charge in [-0.1, -0.05) is 41.9 Å². The molecule has 2 N–H and O–H groups in total. The van der Waals surface area contributed by atoms with Gasteiger partial charge in [0.05, 0.1) is 0 Å². The van der Waals surface area contributed by atoms with E-state index in [1.165, 1.54) is 0 Å². The molecule has 0 radical (unpaired) electrons. The van der Waals surface area contributed by atoms with E-state index in [4.69, 9.17) is 16.7 Å². The molecule has 20 heavy (non-hydrogen) atoms. The van der Waals surface area contributed by atoms with Crippen LogP contribution in [0.15, 0.2) is 53.5 Å². The first-order valence-electron chi connectivity index (χ1n) is 6.07. The van der Waals surface area contributed by atoms with Gasteiger partial charge in [0, 0.05) is 16.3 Å². The summed E-state index contributed by atoms with van der Waals surface area (Å²) in [6, 6.07) is 14.5. The van der Waals surface area contributed by atoms with Crippen molar-refractivity contribution in [3.05, 3.63) is 64.7 Å². The predicted molar refractivity (Wildman–Crippen MR) is 78.4 cm³/mol. The van der Waals surface area contributed by atoms with Gasteiger partial charge in [-0.15, -0.1) is 0 Å². The molecule has 5 heteroatoms. The maximum Gasteiger partial charge on any atom is 0.371 e. The first-order valence-corrected chi connectivity index (χ1v) is 6.45. The molecule has 0 aliphatic carbocycles. The number of hydrogen-bond acceptors (Lipinski definition) is 3. The second-order valence-corrected chi connectivity index (χ2v) is 4.89. The number of hydrogen-bond donors (Lipinski definition) is 2. The molecule has 1 heterocycles. The molecule has 2 aromatic carbocycles. The average molecular weight is 287 g/mol. The SMILES string of the molecule is O=C(O)C1=N[C@H](c2ccccc2)c2cc(Cl)ccc2N1. The Balaban J connectivity index is 2.16. The van der Waals surface area contributed by atoms with Crippen LogP contribution in [0.1, 0.15) is 17.2 Å². The van der Waals surface area contributed by atoms with Crippen molar-refractivity contribution < 1.29 is 9.90 Å². The van der Waals surface area contributed by atoms with Crippen molar-refractivity contribution in [2.45, 2.75) is 6.04 Å². The minimum absolute atomic E-state index is 0.0614. The van der Waals surface area contributed by atoms with E-state index in [9.17, 15) is 4.79 Å². The van der Waals surface area contributed by atoms with E-state index >= 15 is 0 Å². The van der Waals surface area contributed by atoms with Gasteiger partial charge in [-0.2, -0.15) is 0 Å². The molecule has 0 aromatic heterocycles. The van der Waals surface area contributed by atoms with E-state index in [1.807, 2.05) is 36.4 Å². The number of carboxylic acid groups (broad SMARTS) is 1. The number of halogens is 1. The van der Waals surface area contributed by atoms with Gasteiger partial charge in [0.15, 0.2) is 0 Å². The van der Waals surface area contributed by atoms with Crippen molar-refractivity contribution in [2.75, 3.05) is 5.32 Å². The standard InChI is InChI=1S/C15H11ClN2O2/c16-10-6-7-12-11(8-10)13(9-4-2-1-3-5-9)18-14(17-12)15(19)20/h1-8,13H,(H,17,18)(H,19,20)/t13-/m1/s1. The number of nitrogens with zero attached hydrogens (tertiary/aromatic N) is 1. The fourth-order valence-corrected chi connectivity index (χ4v) is 2.41. The Hall–Kier alpha value is -2.33. The Labute approximate surface area is 120 Å². The van der Waals surface area contributed by atoms with Crippen molar-refractivity contribution in [1.29, 1.82) is 0 Å². The first kappa shape index (κ1) is 12.7. The third-order valence-electron chi connectivity index (χ3n) is 3.14. The molecule has 100 valence electrons. The van der Waals surface area contributed by atoms with Crippen molar-refractivity contribution in [3.8, 4) is 0 Å². The molecule has 1 aliphatic heterocycles. The Morgan fingerprint density at radius 3 is 2.65 bits per heavy atom. The lowest BCUT2D eigenvalue weighted by Crippen LogP contribution is -2.28. The Morgan fingerprint density at radius 2 is 1.95 bits per heavy atom. The van der Waals surface area contributed by atoms with Gasteiger partial charge in [-0.25, -0.2) is 9.79 Å². The van der Waals surface area contributed by atoms with E-state index in [-0.39, 0.29) is 11.9 Å². The summed E-state index contributed by atoms with van der Waals surface area (Å²) in [5.41, 5.74) is 2.51. The summed E-state index contributed by atoms with van der Waals surface area (Å²) in [6.07, 6.45) is 0. The third-order valence-corrected chi connectivity index (χ3v) is 3.37. The second kappa shape index (κ2) is 4.98. The summed E-state index contributed by atoms with van der Waals surface area (Å²) < 4.78 is 0. The number of aliphatic carboxylic acids is 1. The molecule has 1 atom stereocenters. The number of anilines is 1. The number of carboxylic acids is 1. The van der Waals surface area contributed by atoms with Crippen molar-refractivity contribution in [3.63, 3.8) is 0 Å². The highest BCUT2D eigenvalue weighted by Crippen LogP contribution is 2.36. The Morgan fingerprint density at radius 1 is 1.20 bits per heavy atom. The maximum atomic E-state index is 11.2. The zero-order chi connectivity index (χ0) is 14.1. The van der Waals surface area contributed by atoms with Gasteiger partial charge in [0.2, 0.25) is 5.84 Å². The molecule has 0 saturated heterocycles. The summed E-state index contributed by atoms with van der Waals surface area (Å²) in [7, 11) is 0. The van der Waals surface area contributed by atoms with Gasteiger partial charge in [-0.3, -0.25) is 0 Å². The van der Waals surface area contributed by atoms with Crippen LogP contribution in [0.2, 0.25) is 5.02 Å². The fourth-order valence-electron chi connectivity index (χ4n) is 2.23. The van der Waals surface area contributed by atoms with Gasteiger partial charge in [0.25, 0.3) is 0 Å². The fraction of sp³-hybridized carbons (Fsp3) is 0.0667. The molecule has 0 unspecified atom stereocenters. The van der Waals surface area contributed by atoms with Crippen LogP contribution in [0.25, 0.3) is 0 Å². The summed E-state index contributed by atoms with van der Waals surface area (Å²) in [5, 5.41) is 12.6. The highest BCUT2D eigenvalue weighted by molar-refractivity contribution is 6.40. The summed E-state index contributed by atoms with van der Waals surface area (Å²) in [4.78, 5) is 15.5. The van der Waals surface area contributed by atoms with E-state index in [2.05, 4.69) is 10.3 Å². The largest absolute Gasteiger partial charge is 0.475 e. The molecule has 0 bridgehead atoms. The van der Waals surface area contributed by atoms with Gasteiger partial charge < -0.3 is 10.4 Å². The molecule has 0 fully saturated rings. The van der Waals surface area contributed by atoms with Crippen LogP contribution in [0, 0.1) is 0 Å². The zero-order valence-electron chi connectivity index (χ0n) is 10.4. The average Bonchev–Trinajstić information content (AvgIpc) is 2.47. The molecule has 4 nitrogen and oxygen atoms in total. The maximum absolute atomic E-state index is 11.2. The van der Waals surface area contributed by atoms with Crippen molar-refractivity contribution in [2.24, 2.45) is 4.99 Å². The highest BCUT2D eigenvalue weighted by Gasteiger charge is 2.25. The first-order chi connectivity index (χ1) is 9.65. The number of fused-ring (bicyclic) bond motifs is 1. The lowest BCUT2D eigenvalue weighted by atomic mass is 9.96. The van der Waals surface area contributed by atoms with E-state index in [0.717, 1.165) is 16.8 Å². The van der Waals surface area contributed by atoms with Gasteiger partial charge >= 0.3 is 5.97 Å². The van der Waals surface area contributed by atoms with Crippen LogP contribution < -0.4 is 5.32 Å². The van der Waals surface area contributed by atoms with Crippen LogP contribution in [-0.2, 0) is 4.79 Å². The Kier molecular flexibility index (Phi) is 3.16. The monoisotopic (exact) mass is 286 g/mol. The summed E-state index contributed by atoms with van der Waals surface area (Å²) >= 11 is 6.04.